The van der Waals surface area contributed by atoms with Crippen molar-refractivity contribution in [3.8, 4) is 11.8 Å². The number of primary amides is 1. The Morgan fingerprint density at radius 3 is 2.72 bits per heavy atom. The van der Waals surface area contributed by atoms with Gasteiger partial charge in [-0.15, -0.1) is 5.10 Å². The van der Waals surface area contributed by atoms with Gasteiger partial charge in [0, 0.05) is 0 Å². The Kier molecular flexibility index (Phi) is 3.16. The molecule has 1 aromatic carbocycles. The highest BCUT2D eigenvalue weighted by atomic mass is 16.1. The maximum Gasteiger partial charge on any atom is 0.259 e. The smallest absolute Gasteiger partial charge is 0.259 e. The average Bonchev–Trinajstić information content (AvgIpc) is 2.85. The summed E-state index contributed by atoms with van der Waals surface area (Å²) in [7, 11) is 0. The molecule has 2 N–H and O–H groups in total. The molecule has 0 atom stereocenters. The van der Waals surface area contributed by atoms with Crippen molar-refractivity contribution in [1.82, 2.24) is 15.0 Å². The monoisotopic (exact) mass is 239 g/mol. The number of nitrogens with two attached hydrogens (primary N) is 1. The quantitative estimate of drug-likeness (QED) is 0.628. The van der Waals surface area contributed by atoms with Crippen molar-refractivity contribution in [1.29, 1.82) is 5.26 Å². The summed E-state index contributed by atoms with van der Waals surface area (Å²) in [5.41, 5.74) is 6.06. The molecule has 2 rings (SSSR count). The van der Waals surface area contributed by atoms with Gasteiger partial charge in [-0.2, -0.15) is 15.2 Å². The zero-order valence-electron chi connectivity index (χ0n) is 9.32. The Labute approximate surface area is 103 Å². The number of rotatable bonds is 3. The SMILES string of the molecule is N#CC(=Cc1cnn(-c2ccccc2)n1)C(N)=O. The zero-order valence-corrected chi connectivity index (χ0v) is 9.32. The molecule has 0 aliphatic rings. The highest BCUT2D eigenvalue weighted by Crippen LogP contribution is 2.06. The summed E-state index contributed by atoms with van der Waals surface area (Å²) in [6.45, 7) is 0. The van der Waals surface area contributed by atoms with Crippen LogP contribution >= 0.6 is 0 Å². The lowest BCUT2D eigenvalue weighted by Crippen LogP contribution is -2.12. The van der Waals surface area contributed by atoms with Gasteiger partial charge >= 0.3 is 0 Å². The van der Waals surface area contributed by atoms with Crippen molar-refractivity contribution in [2.45, 2.75) is 0 Å². The number of hydrogen-bond donors (Lipinski definition) is 1. The number of nitrogens with zero attached hydrogens (tertiary/aromatic N) is 4. The van der Waals surface area contributed by atoms with Gasteiger partial charge in [0.1, 0.15) is 17.3 Å². The summed E-state index contributed by atoms with van der Waals surface area (Å²) in [5, 5.41) is 16.9. The molecule has 0 spiro atoms. The first kappa shape index (κ1) is 11.5. The lowest BCUT2D eigenvalue weighted by Gasteiger charge is -1.96. The first-order valence-electron chi connectivity index (χ1n) is 5.10. The molecule has 0 fully saturated rings. The minimum absolute atomic E-state index is 0.157. The molecule has 18 heavy (non-hydrogen) atoms. The zero-order chi connectivity index (χ0) is 13.0. The van der Waals surface area contributed by atoms with Crippen LogP contribution in [0.2, 0.25) is 0 Å². The molecule has 6 nitrogen and oxygen atoms in total. The normalized spacial score (nSPS) is 10.9. The van der Waals surface area contributed by atoms with E-state index in [1.54, 1.807) is 6.07 Å². The number of benzene rings is 1. The first-order chi connectivity index (χ1) is 8.70. The second kappa shape index (κ2) is 4.93. The Morgan fingerprint density at radius 1 is 1.39 bits per heavy atom. The summed E-state index contributed by atoms with van der Waals surface area (Å²) in [6, 6.07) is 11.0. The van der Waals surface area contributed by atoms with E-state index in [-0.39, 0.29) is 5.57 Å². The minimum atomic E-state index is -0.785. The standard InChI is InChI=1S/C12H9N5O/c13-7-9(12(14)18)6-10-8-15-17(16-10)11-4-2-1-3-5-11/h1-6,8H,(H2,14,18). The summed E-state index contributed by atoms with van der Waals surface area (Å²) in [5.74, 6) is -0.785. The molecule has 6 heteroatoms. The van der Waals surface area contributed by atoms with Crippen molar-refractivity contribution >= 4 is 12.0 Å². The molecule has 0 bridgehead atoms. The highest BCUT2D eigenvalue weighted by molar-refractivity contribution is 6.00. The second-order valence-corrected chi connectivity index (χ2v) is 3.43. The van der Waals surface area contributed by atoms with Crippen LogP contribution in [0.4, 0.5) is 0 Å². The van der Waals surface area contributed by atoms with E-state index in [2.05, 4.69) is 10.2 Å². The highest BCUT2D eigenvalue weighted by Gasteiger charge is 2.06. The van der Waals surface area contributed by atoms with Gasteiger partial charge in [0.15, 0.2) is 0 Å². The number of hydrogen-bond acceptors (Lipinski definition) is 4. The molecular formula is C12H9N5O. The number of para-hydroxylation sites is 1. The summed E-state index contributed by atoms with van der Waals surface area (Å²) in [4.78, 5) is 12.3. The Balaban J connectivity index is 2.33. The number of carbonyl (C=O) groups is 1. The van der Waals surface area contributed by atoms with Gasteiger partial charge in [-0.1, -0.05) is 18.2 Å². The average molecular weight is 239 g/mol. The molecule has 88 valence electrons. The van der Waals surface area contributed by atoms with E-state index in [9.17, 15) is 4.79 Å². The first-order valence-corrected chi connectivity index (χ1v) is 5.10. The fraction of sp³-hybridized carbons (Fsp3) is 0. The van der Waals surface area contributed by atoms with Gasteiger partial charge in [0.25, 0.3) is 5.91 Å². The third-order valence-electron chi connectivity index (χ3n) is 2.17. The predicted octanol–water partition coefficient (Wildman–Crippen LogP) is 0.660. The molecule has 1 amide bonds. The Bertz CT molecular complexity index is 636. The van der Waals surface area contributed by atoms with Crippen molar-refractivity contribution in [3.05, 3.63) is 47.8 Å². The Hall–Kier alpha value is -2.94. The van der Waals surface area contributed by atoms with Crippen molar-refractivity contribution in [2.24, 2.45) is 5.73 Å². The van der Waals surface area contributed by atoms with E-state index >= 15 is 0 Å². The third-order valence-corrected chi connectivity index (χ3v) is 2.17. The second-order valence-electron chi connectivity index (χ2n) is 3.43. The van der Waals surface area contributed by atoms with Gasteiger partial charge in [-0.25, -0.2) is 0 Å². The summed E-state index contributed by atoms with van der Waals surface area (Å²) in [6.07, 6.45) is 2.75. The van der Waals surface area contributed by atoms with Crippen LogP contribution in [0.25, 0.3) is 11.8 Å². The number of amides is 1. The van der Waals surface area contributed by atoms with E-state index in [1.165, 1.54) is 17.1 Å². The van der Waals surface area contributed by atoms with E-state index in [0.717, 1.165) is 5.69 Å². The van der Waals surface area contributed by atoms with Gasteiger partial charge in [-0.05, 0) is 18.2 Å². The lowest BCUT2D eigenvalue weighted by molar-refractivity contribution is -0.114. The minimum Gasteiger partial charge on any atom is -0.365 e. The molecule has 1 aromatic heterocycles. The predicted molar refractivity (Wildman–Crippen MR) is 64.1 cm³/mol. The van der Waals surface area contributed by atoms with Gasteiger partial charge in [0.2, 0.25) is 0 Å². The third kappa shape index (κ3) is 2.41. The molecule has 0 radical (unpaired) electrons. The van der Waals surface area contributed by atoms with Gasteiger partial charge in [-0.3, -0.25) is 4.79 Å². The lowest BCUT2D eigenvalue weighted by atomic mass is 10.2. The van der Waals surface area contributed by atoms with Gasteiger partial charge < -0.3 is 5.73 Å². The molecule has 0 saturated heterocycles. The van der Waals surface area contributed by atoms with E-state index in [1.807, 2.05) is 30.3 Å². The van der Waals surface area contributed by atoms with Gasteiger partial charge in [0.05, 0.1) is 11.9 Å². The molecule has 2 aromatic rings. The molecule has 0 aliphatic carbocycles. The maximum absolute atomic E-state index is 10.9. The van der Waals surface area contributed by atoms with Crippen LogP contribution in [0.1, 0.15) is 5.69 Å². The van der Waals surface area contributed by atoms with Crippen LogP contribution in [0, 0.1) is 11.3 Å². The van der Waals surface area contributed by atoms with Crippen LogP contribution < -0.4 is 5.73 Å². The summed E-state index contributed by atoms with van der Waals surface area (Å²) < 4.78 is 0. The largest absolute Gasteiger partial charge is 0.365 e. The molecular weight excluding hydrogens is 230 g/mol. The number of nitriles is 1. The van der Waals surface area contributed by atoms with Crippen LogP contribution in [0.15, 0.2) is 42.1 Å². The summed E-state index contributed by atoms with van der Waals surface area (Å²) >= 11 is 0. The van der Waals surface area contributed by atoms with E-state index < -0.39 is 5.91 Å². The van der Waals surface area contributed by atoms with Crippen LogP contribution in [-0.2, 0) is 4.79 Å². The fourth-order valence-corrected chi connectivity index (χ4v) is 1.33. The fourth-order valence-electron chi connectivity index (χ4n) is 1.33. The van der Waals surface area contributed by atoms with Crippen LogP contribution in [-0.4, -0.2) is 20.9 Å². The maximum atomic E-state index is 10.9. The van der Waals surface area contributed by atoms with Crippen molar-refractivity contribution in [2.75, 3.05) is 0 Å². The number of aromatic nitrogens is 3. The Morgan fingerprint density at radius 2 is 2.11 bits per heavy atom. The molecule has 0 unspecified atom stereocenters. The molecule has 0 aliphatic heterocycles. The van der Waals surface area contributed by atoms with Crippen LogP contribution in [0.3, 0.4) is 0 Å². The van der Waals surface area contributed by atoms with Crippen molar-refractivity contribution in [3.63, 3.8) is 0 Å². The number of carbonyl (C=O) groups excluding carboxylic acids is 1. The van der Waals surface area contributed by atoms with Crippen molar-refractivity contribution < 1.29 is 4.79 Å². The van der Waals surface area contributed by atoms with Crippen LogP contribution in [0.5, 0.6) is 0 Å². The van der Waals surface area contributed by atoms with E-state index in [4.69, 9.17) is 11.0 Å². The topological polar surface area (TPSA) is 97.6 Å². The van der Waals surface area contributed by atoms with E-state index in [0.29, 0.717) is 5.69 Å². The molecule has 0 saturated carbocycles. The molecule has 1 heterocycles.